The van der Waals surface area contributed by atoms with Crippen molar-refractivity contribution in [3.8, 4) is 11.3 Å². The van der Waals surface area contributed by atoms with Crippen molar-refractivity contribution in [3.63, 3.8) is 0 Å². The van der Waals surface area contributed by atoms with E-state index in [0.717, 1.165) is 21.0 Å². The standard InChI is InChI=1S/C12H8ClN3OS/c1-6-14-10-11(18-6)9(15-16-12(10)17)7-2-4-8(13)5-3-7/h2-5H,1H3,(H,16,17). The number of H-pyrrole nitrogens is 1. The fourth-order valence-corrected chi connectivity index (χ4v) is 2.81. The Hall–Kier alpha value is -1.72. The van der Waals surface area contributed by atoms with Gasteiger partial charge >= 0.3 is 0 Å². The number of aromatic nitrogens is 3. The molecule has 0 aliphatic carbocycles. The quantitative estimate of drug-likeness (QED) is 0.744. The minimum atomic E-state index is -0.257. The van der Waals surface area contributed by atoms with Crippen LogP contribution in [-0.2, 0) is 0 Å². The van der Waals surface area contributed by atoms with Crippen LogP contribution in [0.4, 0.5) is 0 Å². The lowest BCUT2D eigenvalue weighted by Gasteiger charge is -2.00. The molecule has 0 spiro atoms. The van der Waals surface area contributed by atoms with Crippen LogP contribution in [-0.4, -0.2) is 15.2 Å². The van der Waals surface area contributed by atoms with E-state index in [1.54, 1.807) is 12.1 Å². The van der Waals surface area contributed by atoms with Gasteiger partial charge in [-0.25, -0.2) is 10.1 Å². The third-order valence-corrected chi connectivity index (χ3v) is 3.78. The van der Waals surface area contributed by atoms with Gasteiger partial charge in [0.25, 0.3) is 5.56 Å². The summed E-state index contributed by atoms with van der Waals surface area (Å²) in [5, 5.41) is 8.10. The summed E-state index contributed by atoms with van der Waals surface area (Å²) in [4.78, 5) is 15.9. The molecule has 90 valence electrons. The van der Waals surface area contributed by atoms with Crippen LogP contribution >= 0.6 is 22.9 Å². The number of hydrogen-bond donors (Lipinski definition) is 1. The molecule has 4 nitrogen and oxygen atoms in total. The number of benzene rings is 1. The Balaban J connectivity index is 2.32. The minimum absolute atomic E-state index is 0.257. The number of aryl methyl sites for hydroxylation is 1. The first-order valence-electron chi connectivity index (χ1n) is 5.27. The Labute approximate surface area is 111 Å². The van der Waals surface area contributed by atoms with Crippen molar-refractivity contribution in [2.45, 2.75) is 6.92 Å². The maximum absolute atomic E-state index is 11.6. The van der Waals surface area contributed by atoms with Crippen LogP contribution in [0.3, 0.4) is 0 Å². The zero-order valence-corrected chi connectivity index (χ0v) is 11.0. The molecule has 3 aromatic rings. The van der Waals surface area contributed by atoms with Gasteiger partial charge in [0, 0.05) is 10.6 Å². The number of thiazole rings is 1. The third-order valence-electron chi connectivity index (χ3n) is 2.55. The van der Waals surface area contributed by atoms with Gasteiger partial charge < -0.3 is 0 Å². The van der Waals surface area contributed by atoms with Crippen LogP contribution in [0.2, 0.25) is 5.02 Å². The zero-order chi connectivity index (χ0) is 12.7. The van der Waals surface area contributed by atoms with Crippen molar-refractivity contribution in [2.75, 3.05) is 0 Å². The van der Waals surface area contributed by atoms with E-state index in [-0.39, 0.29) is 5.56 Å². The van der Waals surface area contributed by atoms with E-state index in [4.69, 9.17) is 11.6 Å². The second-order valence-corrected chi connectivity index (χ2v) is 5.46. The number of fused-ring (bicyclic) bond motifs is 1. The number of aromatic amines is 1. The predicted octanol–water partition coefficient (Wildman–Crippen LogP) is 3.01. The highest BCUT2D eigenvalue weighted by molar-refractivity contribution is 7.19. The molecule has 0 aliphatic rings. The molecule has 1 N–H and O–H groups in total. The van der Waals surface area contributed by atoms with E-state index in [0.29, 0.717) is 10.5 Å². The van der Waals surface area contributed by atoms with E-state index < -0.39 is 0 Å². The molecule has 18 heavy (non-hydrogen) atoms. The number of halogens is 1. The van der Waals surface area contributed by atoms with Gasteiger partial charge in [0.2, 0.25) is 0 Å². The van der Waals surface area contributed by atoms with Gasteiger partial charge in [-0.05, 0) is 19.1 Å². The Morgan fingerprint density at radius 3 is 2.72 bits per heavy atom. The van der Waals surface area contributed by atoms with Gasteiger partial charge in [-0.15, -0.1) is 11.3 Å². The van der Waals surface area contributed by atoms with Gasteiger partial charge in [-0.3, -0.25) is 4.79 Å². The van der Waals surface area contributed by atoms with Gasteiger partial charge in [0.15, 0.2) is 5.52 Å². The molecule has 0 radical (unpaired) electrons. The largest absolute Gasteiger partial charge is 0.291 e. The lowest BCUT2D eigenvalue weighted by molar-refractivity contribution is 1.01. The molecule has 0 fully saturated rings. The lowest BCUT2D eigenvalue weighted by Crippen LogP contribution is -2.08. The summed E-state index contributed by atoms with van der Waals surface area (Å²) in [6, 6.07) is 7.34. The molecule has 3 rings (SSSR count). The van der Waals surface area contributed by atoms with E-state index in [2.05, 4.69) is 15.2 Å². The Morgan fingerprint density at radius 2 is 2.00 bits per heavy atom. The van der Waals surface area contributed by atoms with Crippen molar-refractivity contribution in [2.24, 2.45) is 0 Å². The van der Waals surface area contributed by atoms with Crippen LogP contribution in [0, 0.1) is 6.92 Å². The maximum atomic E-state index is 11.6. The number of nitrogens with zero attached hydrogens (tertiary/aromatic N) is 2. The van der Waals surface area contributed by atoms with E-state index in [9.17, 15) is 4.79 Å². The topological polar surface area (TPSA) is 58.6 Å². The molecule has 0 bridgehead atoms. The highest BCUT2D eigenvalue weighted by atomic mass is 35.5. The van der Waals surface area contributed by atoms with Crippen LogP contribution in [0.1, 0.15) is 5.01 Å². The molecule has 0 amide bonds. The Kier molecular flexibility index (Phi) is 2.65. The maximum Gasteiger partial charge on any atom is 0.291 e. The van der Waals surface area contributed by atoms with Crippen molar-refractivity contribution in [1.82, 2.24) is 15.2 Å². The summed E-state index contributed by atoms with van der Waals surface area (Å²) in [5.41, 5.74) is 1.82. The summed E-state index contributed by atoms with van der Waals surface area (Å²) in [6.45, 7) is 1.87. The van der Waals surface area contributed by atoms with Crippen molar-refractivity contribution in [1.29, 1.82) is 0 Å². The average molecular weight is 278 g/mol. The summed E-state index contributed by atoms with van der Waals surface area (Å²) in [6.07, 6.45) is 0. The average Bonchev–Trinajstić information content (AvgIpc) is 2.74. The summed E-state index contributed by atoms with van der Waals surface area (Å²) in [7, 11) is 0. The molecular formula is C12H8ClN3OS. The van der Waals surface area contributed by atoms with E-state index >= 15 is 0 Å². The molecule has 6 heteroatoms. The molecule has 0 saturated heterocycles. The molecule has 0 saturated carbocycles. The SMILES string of the molecule is Cc1nc2c(=O)[nH]nc(-c3ccc(Cl)cc3)c2s1. The molecule has 0 unspecified atom stereocenters. The number of nitrogens with one attached hydrogen (secondary N) is 1. The zero-order valence-electron chi connectivity index (χ0n) is 9.40. The van der Waals surface area contributed by atoms with Gasteiger partial charge in [-0.2, -0.15) is 5.10 Å². The monoisotopic (exact) mass is 277 g/mol. The first-order valence-corrected chi connectivity index (χ1v) is 6.46. The van der Waals surface area contributed by atoms with Crippen LogP contribution in [0.15, 0.2) is 29.1 Å². The van der Waals surface area contributed by atoms with Crippen molar-refractivity contribution >= 4 is 33.2 Å². The smallest absolute Gasteiger partial charge is 0.265 e. The summed E-state index contributed by atoms with van der Waals surface area (Å²) < 4.78 is 0.804. The fourth-order valence-electron chi connectivity index (χ4n) is 1.76. The first-order chi connectivity index (χ1) is 8.65. The molecule has 2 heterocycles. The third kappa shape index (κ3) is 1.81. The fraction of sp³-hybridized carbons (Fsp3) is 0.0833. The van der Waals surface area contributed by atoms with E-state index in [1.807, 2.05) is 19.1 Å². The lowest BCUT2D eigenvalue weighted by atomic mass is 10.1. The molecular weight excluding hydrogens is 270 g/mol. The van der Waals surface area contributed by atoms with Crippen LogP contribution in [0.5, 0.6) is 0 Å². The number of hydrogen-bond acceptors (Lipinski definition) is 4. The second kappa shape index (κ2) is 4.19. The van der Waals surface area contributed by atoms with Crippen molar-refractivity contribution in [3.05, 3.63) is 44.6 Å². The van der Waals surface area contributed by atoms with Gasteiger partial charge in [0.05, 0.1) is 9.71 Å². The van der Waals surface area contributed by atoms with E-state index in [1.165, 1.54) is 11.3 Å². The molecule has 0 aliphatic heterocycles. The molecule has 2 aromatic heterocycles. The first kappa shape index (κ1) is 11.4. The second-order valence-electron chi connectivity index (χ2n) is 3.82. The highest BCUT2D eigenvalue weighted by Gasteiger charge is 2.12. The molecule has 0 atom stereocenters. The predicted molar refractivity (Wildman–Crippen MR) is 73.2 cm³/mol. The number of rotatable bonds is 1. The Bertz CT molecular complexity index is 776. The van der Waals surface area contributed by atoms with Crippen LogP contribution in [0.25, 0.3) is 21.5 Å². The normalized spacial score (nSPS) is 11.0. The highest BCUT2D eigenvalue weighted by Crippen LogP contribution is 2.29. The van der Waals surface area contributed by atoms with Gasteiger partial charge in [-0.1, -0.05) is 23.7 Å². The summed E-state index contributed by atoms with van der Waals surface area (Å²) >= 11 is 7.32. The van der Waals surface area contributed by atoms with Crippen molar-refractivity contribution < 1.29 is 0 Å². The van der Waals surface area contributed by atoms with Gasteiger partial charge in [0.1, 0.15) is 5.69 Å². The minimum Gasteiger partial charge on any atom is -0.265 e. The summed E-state index contributed by atoms with van der Waals surface area (Å²) in [5.74, 6) is 0. The van der Waals surface area contributed by atoms with Crippen LogP contribution < -0.4 is 5.56 Å². The Morgan fingerprint density at radius 1 is 1.28 bits per heavy atom. The molecule has 1 aromatic carbocycles.